The van der Waals surface area contributed by atoms with Crippen LogP contribution in [-0.2, 0) is 4.79 Å². The third-order valence-corrected chi connectivity index (χ3v) is 2.02. The summed E-state index contributed by atoms with van der Waals surface area (Å²) in [7, 11) is 0. The standard InChI is InChI=1S/C16H23NO/c1-4-5-6-7-8-9-10-11-12-13-16(18)17-14-15(2)3/h4-5,11,13,15H,8-10,14H2,1-3H3,(H,17,18)/b5-4-. The van der Waals surface area contributed by atoms with Crippen molar-refractivity contribution in [1.29, 1.82) is 0 Å². The van der Waals surface area contributed by atoms with E-state index >= 15 is 0 Å². The molecule has 0 rings (SSSR count). The number of hydrogen-bond donors (Lipinski definition) is 1. The summed E-state index contributed by atoms with van der Waals surface area (Å²) in [4.78, 5) is 11.3. The molecule has 0 aromatic carbocycles. The topological polar surface area (TPSA) is 29.1 Å². The molecular formula is C16H23NO. The Morgan fingerprint density at radius 3 is 2.83 bits per heavy atom. The SMILES string of the molecule is C/C=C\C#CCCCC=C=CC(=O)NCC(C)C. The van der Waals surface area contributed by atoms with E-state index in [1.165, 1.54) is 6.08 Å². The smallest absolute Gasteiger partial charge is 0.251 e. The Hall–Kier alpha value is -1.71. The van der Waals surface area contributed by atoms with E-state index in [0.717, 1.165) is 19.3 Å². The molecule has 0 fully saturated rings. The summed E-state index contributed by atoms with van der Waals surface area (Å²) in [5, 5.41) is 2.80. The van der Waals surface area contributed by atoms with Crippen LogP contribution < -0.4 is 5.32 Å². The van der Waals surface area contributed by atoms with Crippen molar-refractivity contribution in [2.75, 3.05) is 6.54 Å². The number of nitrogens with one attached hydrogen (secondary N) is 1. The van der Waals surface area contributed by atoms with Gasteiger partial charge in [0.1, 0.15) is 0 Å². The minimum absolute atomic E-state index is 0.0761. The zero-order valence-corrected chi connectivity index (χ0v) is 11.6. The summed E-state index contributed by atoms with van der Waals surface area (Å²) >= 11 is 0. The van der Waals surface area contributed by atoms with Gasteiger partial charge in [-0.1, -0.05) is 31.8 Å². The molecule has 0 unspecified atom stereocenters. The van der Waals surface area contributed by atoms with E-state index < -0.39 is 0 Å². The van der Waals surface area contributed by atoms with Crippen LogP contribution in [0.1, 0.15) is 40.0 Å². The van der Waals surface area contributed by atoms with Gasteiger partial charge in [-0.05, 0) is 37.8 Å². The molecule has 0 atom stereocenters. The Morgan fingerprint density at radius 2 is 2.17 bits per heavy atom. The first kappa shape index (κ1) is 16.3. The first-order valence-electron chi connectivity index (χ1n) is 6.45. The maximum atomic E-state index is 11.3. The second-order valence-electron chi connectivity index (χ2n) is 4.37. The van der Waals surface area contributed by atoms with Crippen LogP contribution in [0.4, 0.5) is 0 Å². The van der Waals surface area contributed by atoms with Gasteiger partial charge in [0.25, 0.3) is 5.91 Å². The van der Waals surface area contributed by atoms with E-state index in [9.17, 15) is 4.79 Å². The van der Waals surface area contributed by atoms with Crippen molar-refractivity contribution in [1.82, 2.24) is 5.32 Å². The molecule has 0 bridgehead atoms. The predicted octanol–water partition coefficient (Wildman–Crippen LogP) is 3.22. The summed E-state index contributed by atoms with van der Waals surface area (Å²) in [5.74, 6) is 6.38. The van der Waals surface area contributed by atoms with E-state index in [1.807, 2.05) is 25.2 Å². The average Bonchev–Trinajstić information content (AvgIpc) is 2.34. The summed E-state index contributed by atoms with van der Waals surface area (Å²) in [6.45, 7) is 6.79. The van der Waals surface area contributed by atoms with Crippen LogP contribution in [0.5, 0.6) is 0 Å². The van der Waals surface area contributed by atoms with E-state index in [-0.39, 0.29) is 5.91 Å². The molecule has 0 aliphatic heterocycles. The van der Waals surface area contributed by atoms with E-state index in [4.69, 9.17) is 0 Å². The molecule has 0 saturated heterocycles. The highest BCUT2D eigenvalue weighted by molar-refractivity contribution is 5.87. The monoisotopic (exact) mass is 245 g/mol. The van der Waals surface area contributed by atoms with Crippen molar-refractivity contribution in [2.45, 2.75) is 40.0 Å². The van der Waals surface area contributed by atoms with Crippen molar-refractivity contribution >= 4 is 5.91 Å². The molecular weight excluding hydrogens is 222 g/mol. The lowest BCUT2D eigenvalue weighted by atomic mass is 10.2. The molecule has 0 radical (unpaired) electrons. The Morgan fingerprint density at radius 1 is 1.39 bits per heavy atom. The Labute approximate surface area is 111 Å². The van der Waals surface area contributed by atoms with Crippen molar-refractivity contribution < 1.29 is 4.79 Å². The van der Waals surface area contributed by atoms with Gasteiger partial charge in [-0.3, -0.25) is 4.79 Å². The molecule has 0 aromatic rings. The molecule has 0 saturated carbocycles. The van der Waals surface area contributed by atoms with Gasteiger partial charge in [0, 0.05) is 19.0 Å². The number of carbonyl (C=O) groups is 1. The number of allylic oxidation sites excluding steroid dienone is 2. The average molecular weight is 245 g/mol. The van der Waals surface area contributed by atoms with Crippen molar-refractivity contribution in [2.24, 2.45) is 5.92 Å². The van der Waals surface area contributed by atoms with Gasteiger partial charge in [-0.15, -0.1) is 5.73 Å². The predicted molar refractivity (Wildman–Crippen MR) is 76.9 cm³/mol. The number of rotatable bonds is 6. The lowest BCUT2D eigenvalue weighted by molar-refractivity contribution is -0.116. The van der Waals surface area contributed by atoms with Crippen molar-refractivity contribution in [3.8, 4) is 11.8 Å². The number of carbonyl (C=O) groups excluding carboxylic acids is 1. The first-order chi connectivity index (χ1) is 8.66. The van der Waals surface area contributed by atoms with Gasteiger partial charge < -0.3 is 5.32 Å². The van der Waals surface area contributed by atoms with Crippen molar-refractivity contribution in [3.63, 3.8) is 0 Å². The lowest BCUT2D eigenvalue weighted by Gasteiger charge is -2.03. The van der Waals surface area contributed by atoms with Gasteiger partial charge in [0.05, 0.1) is 0 Å². The molecule has 0 aliphatic rings. The van der Waals surface area contributed by atoms with E-state index in [0.29, 0.717) is 12.5 Å². The molecule has 0 aromatic heterocycles. The summed E-state index contributed by atoms with van der Waals surface area (Å²) in [6.07, 6.45) is 9.87. The van der Waals surface area contributed by atoms with Crippen LogP contribution in [0.25, 0.3) is 0 Å². The fraction of sp³-hybridized carbons (Fsp3) is 0.500. The molecule has 2 heteroatoms. The minimum Gasteiger partial charge on any atom is -0.352 e. The highest BCUT2D eigenvalue weighted by Crippen LogP contribution is 1.94. The third kappa shape index (κ3) is 12.4. The number of hydrogen-bond acceptors (Lipinski definition) is 1. The third-order valence-electron chi connectivity index (χ3n) is 2.02. The fourth-order valence-electron chi connectivity index (χ4n) is 1.08. The van der Waals surface area contributed by atoms with Gasteiger partial charge in [0.2, 0.25) is 0 Å². The second kappa shape index (κ2) is 11.8. The Bertz CT molecular complexity index is 374. The summed E-state index contributed by atoms with van der Waals surface area (Å²) in [5.41, 5.74) is 2.89. The zero-order chi connectivity index (χ0) is 13.6. The van der Waals surface area contributed by atoms with Crippen LogP contribution >= 0.6 is 0 Å². The van der Waals surface area contributed by atoms with Crippen LogP contribution in [0.15, 0.2) is 30.0 Å². The molecule has 18 heavy (non-hydrogen) atoms. The van der Waals surface area contributed by atoms with Crippen LogP contribution in [0, 0.1) is 17.8 Å². The van der Waals surface area contributed by atoms with Gasteiger partial charge >= 0.3 is 0 Å². The number of amides is 1. The second-order valence-corrected chi connectivity index (χ2v) is 4.37. The van der Waals surface area contributed by atoms with Crippen LogP contribution in [0.2, 0.25) is 0 Å². The Kier molecular flexibility index (Phi) is 10.6. The number of unbranched alkanes of at least 4 members (excludes halogenated alkanes) is 2. The quantitative estimate of drug-likeness (QED) is 0.331. The highest BCUT2D eigenvalue weighted by atomic mass is 16.1. The van der Waals surface area contributed by atoms with E-state index in [1.54, 1.807) is 0 Å². The molecule has 1 amide bonds. The maximum Gasteiger partial charge on any atom is 0.251 e. The molecule has 2 nitrogen and oxygen atoms in total. The van der Waals surface area contributed by atoms with Crippen molar-refractivity contribution in [3.05, 3.63) is 30.0 Å². The van der Waals surface area contributed by atoms with Gasteiger partial charge in [-0.2, -0.15) is 0 Å². The fourth-order valence-corrected chi connectivity index (χ4v) is 1.08. The highest BCUT2D eigenvalue weighted by Gasteiger charge is 1.95. The normalized spacial score (nSPS) is 9.56. The first-order valence-corrected chi connectivity index (χ1v) is 6.45. The summed E-state index contributed by atoms with van der Waals surface area (Å²) in [6, 6.07) is 0. The molecule has 98 valence electrons. The lowest BCUT2D eigenvalue weighted by Crippen LogP contribution is -2.25. The van der Waals surface area contributed by atoms with E-state index in [2.05, 4.69) is 36.7 Å². The maximum absolute atomic E-state index is 11.3. The van der Waals surface area contributed by atoms with Crippen LogP contribution in [0.3, 0.4) is 0 Å². The summed E-state index contributed by atoms with van der Waals surface area (Å²) < 4.78 is 0. The van der Waals surface area contributed by atoms with Gasteiger partial charge in [0.15, 0.2) is 0 Å². The Balaban J connectivity index is 3.69. The van der Waals surface area contributed by atoms with Crippen LogP contribution in [-0.4, -0.2) is 12.5 Å². The van der Waals surface area contributed by atoms with Gasteiger partial charge in [-0.25, -0.2) is 0 Å². The molecule has 0 spiro atoms. The molecule has 1 N–H and O–H groups in total. The minimum atomic E-state index is -0.0761. The largest absolute Gasteiger partial charge is 0.352 e. The molecule has 0 aliphatic carbocycles. The zero-order valence-electron chi connectivity index (χ0n) is 11.6. The molecule has 0 heterocycles.